The molecule has 1 atom stereocenters. The summed E-state index contributed by atoms with van der Waals surface area (Å²) in [5, 5.41) is 0. The molecule has 0 saturated carbocycles. The number of piperazine rings is 1. The van der Waals surface area contributed by atoms with Crippen LogP contribution in [0.4, 0.5) is 0 Å². The predicted molar refractivity (Wildman–Crippen MR) is 64.0 cm³/mol. The lowest BCUT2D eigenvalue weighted by Gasteiger charge is -2.36. The molecule has 4 nitrogen and oxygen atoms in total. The molecule has 92 valence electrons. The Hall–Kier alpha value is -1.54. The molecular weight excluding hydrogens is 216 g/mol. The number of fused-ring (bicyclic) bond motifs is 1. The maximum absolute atomic E-state index is 12.2. The monoisotopic (exact) mass is 234 g/mol. The van der Waals surface area contributed by atoms with Crippen LogP contribution in [0.5, 0.6) is 0 Å². The van der Waals surface area contributed by atoms with E-state index in [1.165, 1.54) is 0 Å². The summed E-state index contributed by atoms with van der Waals surface area (Å²) in [6.45, 7) is 6.60. The predicted octanol–water partition coefficient (Wildman–Crippen LogP) is 1.29. The lowest BCUT2D eigenvalue weighted by Crippen LogP contribution is -2.56. The van der Waals surface area contributed by atoms with Crippen LogP contribution in [-0.2, 0) is 9.59 Å². The molecule has 2 fully saturated rings. The van der Waals surface area contributed by atoms with Gasteiger partial charge >= 0.3 is 0 Å². The van der Waals surface area contributed by atoms with Crippen molar-refractivity contribution in [3.05, 3.63) is 17.0 Å². The van der Waals surface area contributed by atoms with Crippen LogP contribution < -0.4 is 0 Å². The van der Waals surface area contributed by atoms with E-state index >= 15 is 0 Å². The van der Waals surface area contributed by atoms with Crippen LogP contribution in [0.3, 0.4) is 0 Å². The summed E-state index contributed by atoms with van der Waals surface area (Å²) in [5.74, 6) is 0.107. The molecule has 0 aliphatic carbocycles. The minimum Gasteiger partial charge on any atom is -0.329 e. The van der Waals surface area contributed by atoms with E-state index in [-0.39, 0.29) is 24.4 Å². The fourth-order valence-electron chi connectivity index (χ4n) is 2.52. The van der Waals surface area contributed by atoms with Crippen molar-refractivity contribution < 1.29 is 9.59 Å². The Morgan fingerprint density at radius 2 is 2.00 bits per heavy atom. The van der Waals surface area contributed by atoms with E-state index in [9.17, 15) is 9.59 Å². The van der Waals surface area contributed by atoms with Crippen LogP contribution in [0.1, 0.15) is 33.6 Å². The summed E-state index contributed by atoms with van der Waals surface area (Å²) >= 11 is 0. The number of rotatable bonds is 1. The SMILES string of the molecule is CC(C)=C=C(C)N1CC(=O)N2CCC[C@H]2C1=O. The van der Waals surface area contributed by atoms with Crippen LogP contribution in [0.25, 0.3) is 0 Å². The molecule has 2 rings (SSSR count). The molecule has 2 saturated heterocycles. The molecule has 0 aromatic rings. The zero-order valence-corrected chi connectivity index (χ0v) is 10.6. The summed E-state index contributed by atoms with van der Waals surface area (Å²) < 4.78 is 0. The van der Waals surface area contributed by atoms with Crippen molar-refractivity contribution in [3.8, 4) is 0 Å². The van der Waals surface area contributed by atoms with Crippen molar-refractivity contribution in [2.24, 2.45) is 0 Å². The van der Waals surface area contributed by atoms with Gasteiger partial charge in [-0.2, -0.15) is 0 Å². The molecule has 0 N–H and O–H groups in total. The number of amides is 2. The normalized spacial score (nSPS) is 23.6. The first-order chi connectivity index (χ1) is 8.00. The van der Waals surface area contributed by atoms with Gasteiger partial charge in [0.25, 0.3) is 0 Å². The third kappa shape index (κ3) is 2.13. The highest BCUT2D eigenvalue weighted by atomic mass is 16.2. The third-order valence-electron chi connectivity index (χ3n) is 3.25. The van der Waals surface area contributed by atoms with E-state index < -0.39 is 0 Å². The van der Waals surface area contributed by atoms with Gasteiger partial charge in [-0.1, -0.05) is 0 Å². The van der Waals surface area contributed by atoms with Crippen molar-refractivity contribution in [2.75, 3.05) is 13.1 Å². The van der Waals surface area contributed by atoms with E-state index in [1.807, 2.05) is 20.8 Å². The van der Waals surface area contributed by atoms with Crippen molar-refractivity contribution in [1.82, 2.24) is 9.80 Å². The largest absolute Gasteiger partial charge is 0.329 e. The van der Waals surface area contributed by atoms with E-state index in [4.69, 9.17) is 0 Å². The van der Waals surface area contributed by atoms with E-state index in [1.54, 1.807) is 9.80 Å². The second kappa shape index (κ2) is 4.38. The molecule has 0 spiro atoms. The molecule has 2 aliphatic heterocycles. The molecule has 0 unspecified atom stereocenters. The van der Waals surface area contributed by atoms with Crippen molar-refractivity contribution >= 4 is 11.8 Å². The van der Waals surface area contributed by atoms with Crippen molar-refractivity contribution in [2.45, 2.75) is 39.7 Å². The first kappa shape index (κ1) is 11.9. The van der Waals surface area contributed by atoms with Crippen LogP contribution >= 0.6 is 0 Å². The smallest absolute Gasteiger partial charge is 0.250 e. The molecule has 0 radical (unpaired) electrons. The Bertz CT molecular complexity index is 429. The third-order valence-corrected chi connectivity index (χ3v) is 3.25. The number of allylic oxidation sites excluding steroid dienone is 1. The quantitative estimate of drug-likeness (QED) is 0.641. The van der Waals surface area contributed by atoms with Gasteiger partial charge < -0.3 is 4.90 Å². The number of nitrogens with zero attached hydrogens (tertiary/aromatic N) is 2. The van der Waals surface area contributed by atoms with Gasteiger partial charge in [0, 0.05) is 6.54 Å². The Labute approximate surface area is 102 Å². The molecule has 17 heavy (non-hydrogen) atoms. The van der Waals surface area contributed by atoms with Crippen LogP contribution in [0.15, 0.2) is 17.0 Å². The number of carbonyl (C=O) groups excluding carboxylic acids is 2. The summed E-state index contributed by atoms with van der Waals surface area (Å²) in [7, 11) is 0. The molecule has 0 bridgehead atoms. The first-order valence-corrected chi connectivity index (χ1v) is 6.02. The maximum Gasteiger partial charge on any atom is 0.250 e. The van der Waals surface area contributed by atoms with Gasteiger partial charge in [0.1, 0.15) is 12.6 Å². The van der Waals surface area contributed by atoms with Crippen LogP contribution in [0.2, 0.25) is 0 Å². The first-order valence-electron chi connectivity index (χ1n) is 6.02. The summed E-state index contributed by atoms with van der Waals surface area (Å²) in [6.07, 6.45) is 1.73. The zero-order chi connectivity index (χ0) is 12.6. The molecule has 4 heteroatoms. The Balaban J connectivity index is 2.29. The fourth-order valence-corrected chi connectivity index (χ4v) is 2.52. The number of hydrogen-bond donors (Lipinski definition) is 0. The fraction of sp³-hybridized carbons (Fsp3) is 0.615. The standard InChI is InChI=1S/C13H18N2O2/c1-9(2)7-10(3)15-8-12(16)14-6-4-5-11(14)13(15)17/h11H,4-6,8H2,1-3H3/t11-/m0/s1. The van der Waals surface area contributed by atoms with E-state index in [0.29, 0.717) is 0 Å². The lowest BCUT2D eigenvalue weighted by atomic mass is 10.1. The molecular formula is C13H18N2O2. The summed E-state index contributed by atoms with van der Waals surface area (Å²) in [6, 6.07) is -0.231. The van der Waals surface area contributed by atoms with Gasteiger partial charge in [0.15, 0.2) is 0 Å². The van der Waals surface area contributed by atoms with Gasteiger partial charge in [0.05, 0.1) is 5.70 Å². The minimum atomic E-state index is -0.231. The Morgan fingerprint density at radius 1 is 1.29 bits per heavy atom. The molecule has 0 aromatic carbocycles. The van der Waals surface area contributed by atoms with E-state index in [2.05, 4.69) is 5.73 Å². The average Bonchev–Trinajstić information content (AvgIpc) is 2.71. The zero-order valence-electron chi connectivity index (χ0n) is 10.6. The maximum atomic E-state index is 12.2. The number of carbonyl (C=O) groups is 2. The van der Waals surface area contributed by atoms with Gasteiger partial charge in [-0.15, -0.1) is 5.73 Å². The highest BCUT2D eigenvalue weighted by Gasteiger charge is 2.42. The molecule has 2 heterocycles. The molecule has 2 aliphatic rings. The minimum absolute atomic E-state index is 0.0494. The van der Waals surface area contributed by atoms with Gasteiger partial charge in [-0.25, -0.2) is 0 Å². The summed E-state index contributed by atoms with van der Waals surface area (Å²) in [4.78, 5) is 27.4. The van der Waals surface area contributed by atoms with Gasteiger partial charge in [-0.05, 0) is 39.2 Å². The van der Waals surface area contributed by atoms with Crippen LogP contribution in [0, 0.1) is 0 Å². The van der Waals surface area contributed by atoms with Crippen LogP contribution in [-0.4, -0.2) is 40.7 Å². The van der Waals surface area contributed by atoms with E-state index in [0.717, 1.165) is 30.7 Å². The second-order valence-corrected chi connectivity index (χ2v) is 4.88. The average molecular weight is 234 g/mol. The number of hydrogen-bond acceptors (Lipinski definition) is 2. The van der Waals surface area contributed by atoms with Gasteiger partial charge in [0.2, 0.25) is 11.8 Å². The highest BCUT2D eigenvalue weighted by molar-refractivity contribution is 5.96. The molecule has 2 amide bonds. The highest BCUT2D eigenvalue weighted by Crippen LogP contribution is 2.25. The van der Waals surface area contributed by atoms with Crippen molar-refractivity contribution in [1.29, 1.82) is 0 Å². The lowest BCUT2D eigenvalue weighted by molar-refractivity contribution is -0.151. The Morgan fingerprint density at radius 3 is 2.65 bits per heavy atom. The molecule has 0 aromatic heterocycles. The van der Waals surface area contributed by atoms with Gasteiger partial charge in [-0.3, -0.25) is 14.5 Å². The Kier molecular flexibility index (Phi) is 3.07. The van der Waals surface area contributed by atoms with Crippen molar-refractivity contribution in [3.63, 3.8) is 0 Å². The summed E-state index contributed by atoms with van der Waals surface area (Å²) in [5.41, 5.74) is 4.87. The second-order valence-electron chi connectivity index (χ2n) is 4.88. The topological polar surface area (TPSA) is 40.6 Å².